The molecule has 0 saturated heterocycles. The van der Waals surface area contributed by atoms with Crippen molar-refractivity contribution in [1.82, 2.24) is 0 Å². The van der Waals surface area contributed by atoms with Crippen LogP contribution in [0.3, 0.4) is 0 Å². The second-order valence-corrected chi connectivity index (χ2v) is 4.71. The first-order valence-electron chi connectivity index (χ1n) is 3.60. The van der Waals surface area contributed by atoms with Crippen molar-refractivity contribution in [3.05, 3.63) is 21.3 Å². The van der Waals surface area contributed by atoms with Crippen molar-refractivity contribution in [2.75, 3.05) is 0 Å². The largest absolute Gasteiger partial charge is 0.385 e. The highest BCUT2D eigenvalue weighted by Crippen LogP contribution is 2.52. The van der Waals surface area contributed by atoms with E-state index < -0.39 is 5.60 Å². The van der Waals surface area contributed by atoms with Gasteiger partial charge in [0.15, 0.2) is 0 Å². The monoisotopic (exact) mass is 188 g/mol. The highest BCUT2D eigenvalue weighted by atomic mass is 35.5. The number of hydrogen-bond donors (Lipinski definition) is 1. The van der Waals surface area contributed by atoms with Gasteiger partial charge < -0.3 is 5.11 Å². The lowest BCUT2D eigenvalue weighted by molar-refractivity contribution is 0.135. The number of aliphatic hydroxyl groups is 1. The van der Waals surface area contributed by atoms with Gasteiger partial charge in [-0.05, 0) is 29.3 Å². The van der Waals surface area contributed by atoms with Gasteiger partial charge in [-0.15, -0.1) is 11.3 Å². The van der Waals surface area contributed by atoms with Crippen LogP contribution < -0.4 is 0 Å². The van der Waals surface area contributed by atoms with Crippen LogP contribution >= 0.6 is 22.9 Å². The summed E-state index contributed by atoms with van der Waals surface area (Å²) in [6.45, 7) is 2.05. The zero-order chi connectivity index (χ0) is 8.06. The van der Waals surface area contributed by atoms with E-state index in [1.165, 1.54) is 11.3 Å². The van der Waals surface area contributed by atoms with Crippen LogP contribution in [0.5, 0.6) is 0 Å². The van der Waals surface area contributed by atoms with Crippen LogP contribution in [-0.4, -0.2) is 5.11 Å². The van der Waals surface area contributed by atoms with Crippen molar-refractivity contribution in [3.8, 4) is 0 Å². The predicted molar refractivity (Wildman–Crippen MR) is 47.0 cm³/mol. The van der Waals surface area contributed by atoms with Crippen LogP contribution in [0.2, 0.25) is 4.34 Å². The third-order valence-corrected chi connectivity index (χ3v) is 3.43. The molecule has 2 rings (SSSR count). The molecule has 0 bridgehead atoms. The van der Waals surface area contributed by atoms with E-state index in [0.29, 0.717) is 5.92 Å². The molecular formula is C8H9ClOS. The summed E-state index contributed by atoms with van der Waals surface area (Å²) in [5, 5.41) is 11.8. The van der Waals surface area contributed by atoms with Crippen LogP contribution in [0.1, 0.15) is 18.9 Å². The summed E-state index contributed by atoms with van der Waals surface area (Å²) in [7, 11) is 0. The Hall–Kier alpha value is -0.0500. The molecule has 2 unspecified atom stereocenters. The Labute approximate surface area is 74.6 Å². The van der Waals surface area contributed by atoms with Gasteiger partial charge >= 0.3 is 0 Å². The molecule has 0 radical (unpaired) electrons. The number of rotatable bonds is 1. The van der Waals surface area contributed by atoms with Gasteiger partial charge in [-0.1, -0.05) is 18.5 Å². The van der Waals surface area contributed by atoms with Crippen molar-refractivity contribution >= 4 is 22.9 Å². The van der Waals surface area contributed by atoms with Crippen molar-refractivity contribution in [1.29, 1.82) is 0 Å². The van der Waals surface area contributed by atoms with E-state index in [2.05, 4.69) is 0 Å². The molecule has 1 aromatic heterocycles. The minimum Gasteiger partial charge on any atom is -0.385 e. The molecule has 1 aliphatic rings. The van der Waals surface area contributed by atoms with Crippen molar-refractivity contribution in [2.45, 2.75) is 18.9 Å². The molecule has 11 heavy (non-hydrogen) atoms. The molecule has 1 N–H and O–H groups in total. The van der Waals surface area contributed by atoms with Crippen molar-refractivity contribution in [2.24, 2.45) is 5.92 Å². The van der Waals surface area contributed by atoms with Crippen LogP contribution in [0.25, 0.3) is 0 Å². The Morgan fingerprint density at radius 2 is 2.45 bits per heavy atom. The topological polar surface area (TPSA) is 20.2 Å². The average Bonchev–Trinajstić information content (AvgIpc) is 2.44. The lowest BCUT2D eigenvalue weighted by Crippen LogP contribution is -2.04. The SMILES string of the molecule is CC1CC1(O)c1csc(Cl)c1. The fourth-order valence-corrected chi connectivity index (χ4v) is 2.31. The molecule has 0 aliphatic heterocycles. The molecule has 1 saturated carbocycles. The normalized spacial score (nSPS) is 35.7. The number of thiophene rings is 1. The molecule has 1 aliphatic carbocycles. The van der Waals surface area contributed by atoms with Gasteiger partial charge in [-0.25, -0.2) is 0 Å². The molecule has 2 atom stereocenters. The third-order valence-electron chi connectivity index (χ3n) is 2.34. The van der Waals surface area contributed by atoms with Crippen molar-refractivity contribution in [3.63, 3.8) is 0 Å². The van der Waals surface area contributed by atoms with Gasteiger partial charge in [-0.3, -0.25) is 0 Å². The molecule has 0 aromatic carbocycles. The van der Waals surface area contributed by atoms with Gasteiger partial charge in [0.25, 0.3) is 0 Å². The first-order chi connectivity index (χ1) is 5.13. The Morgan fingerprint density at radius 1 is 1.82 bits per heavy atom. The lowest BCUT2D eigenvalue weighted by Gasteiger charge is -2.04. The van der Waals surface area contributed by atoms with Gasteiger partial charge in [-0.2, -0.15) is 0 Å². The molecule has 1 fully saturated rings. The van der Waals surface area contributed by atoms with Gasteiger partial charge in [0, 0.05) is 0 Å². The Kier molecular flexibility index (Phi) is 1.53. The quantitative estimate of drug-likeness (QED) is 0.719. The summed E-state index contributed by atoms with van der Waals surface area (Å²) in [5.41, 5.74) is 0.434. The lowest BCUT2D eigenvalue weighted by atomic mass is 10.1. The predicted octanol–water partition coefficient (Wildman–Crippen LogP) is 2.63. The fraction of sp³-hybridized carbons (Fsp3) is 0.500. The molecule has 1 heterocycles. The molecule has 3 heteroatoms. The molecule has 0 spiro atoms. The van der Waals surface area contributed by atoms with E-state index in [-0.39, 0.29) is 0 Å². The molecule has 1 nitrogen and oxygen atoms in total. The number of hydrogen-bond acceptors (Lipinski definition) is 2. The second kappa shape index (κ2) is 2.22. The van der Waals surface area contributed by atoms with E-state index in [9.17, 15) is 5.11 Å². The first kappa shape index (κ1) is 7.59. The van der Waals surface area contributed by atoms with Crippen LogP contribution in [-0.2, 0) is 5.60 Å². The maximum absolute atomic E-state index is 9.83. The van der Waals surface area contributed by atoms with Crippen LogP contribution in [0, 0.1) is 5.92 Å². The standard InChI is InChI=1S/C8H9ClOS/c1-5-3-8(5,10)6-2-7(9)11-4-6/h2,4-5,10H,3H2,1H3. The molecule has 60 valence electrons. The fourth-order valence-electron chi connectivity index (χ4n) is 1.35. The smallest absolute Gasteiger partial charge is 0.0935 e. The summed E-state index contributed by atoms with van der Waals surface area (Å²) in [6, 6.07) is 1.86. The maximum atomic E-state index is 9.83. The first-order valence-corrected chi connectivity index (χ1v) is 4.85. The Bertz CT molecular complexity index is 283. The summed E-state index contributed by atoms with van der Waals surface area (Å²) >= 11 is 7.23. The average molecular weight is 189 g/mol. The summed E-state index contributed by atoms with van der Waals surface area (Å²) in [4.78, 5) is 0. The van der Waals surface area contributed by atoms with E-state index in [4.69, 9.17) is 11.6 Å². The Morgan fingerprint density at radius 3 is 2.82 bits per heavy atom. The zero-order valence-electron chi connectivity index (χ0n) is 6.17. The van der Waals surface area contributed by atoms with E-state index in [1.807, 2.05) is 18.4 Å². The summed E-state index contributed by atoms with van der Waals surface area (Å²) < 4.78 is 0.757. The zero-order valence-corrected chi connectivity index (χ0v) is 7.75. The highest BCUT2D eigenvalue weighted by Gasteiger charge is 2.51. The summed E-state index contributed by atoms with van der Waals surface area (Å²) in [5.74, 6) is 0.396. The van der Waals surface area contributed by atoms with Gasteiger partial charge in [0.1, 0.15) is 0 Å². The molecule has 0 amide bonds. The van der Waals surface area contributed by atoms with Gasteiger partial charge in [0.2, 0.25) is 0 Å². The maximum Gasteiger partial charge on any atom is 0.0935 e. The highest BCUT2D eigenvalue weighted by molar-refractivity contribution is 7.14. The van der Waals surface area contributed by atoms with Crippen LogP contribution in [0.15, 0.2) is 11.4 Å². The van der Waals surface area contributed by atoms with E-state index >= 15 is 0 Å². The van der Waals surface area contributed by atoms with Crippen LogP contribution in [0.4, 0.5) is 0 Å². The minimum absolute atomic E-state index is 0.396. The summed E-state index contributed by atoms with van der Waals surface area (Å²) in [6.07, 6.45) is 0.875. The van der Waals surface area contributed by atoms with Gasteiger partial charge in [0.05, 0.1) is 9.94 Å². The molecular weight excluding hydrogens is 180 g/mol. The van der Waals surface area contributed by atoms with Crippen molar-refractivity contribution < 1.29 is 5.11 Å². The van der Waals surface area contributed by atoms with E-state index in [0.717, 1.165) is 16.3 Å². The minimum atomic E-state index is -0.552. The number of halogens is 1. The van der Waals surface area contributed by atoms with E-state index in [1.54, 1.807) is 0 Å². The molecule has 1 aromatic rings. The third kappa shape index (κ3) is 1.10. The second-order valence-electron chi connectivity index (χ2n) is 3.17. The Balaban J connectivity index is 2.31.